The fraction of sp³-hybridized carbons (Fsp3) is 0.750. The molecule has 0 aromatic heterocycles. The molecular weight excluding hydrogens is 126 g/mol. The van der Waals surface area contributed by atoms with Crippen molar-refractivity contribution >= 4 is 11.5 Å². The molecule has 0 unspecified atom stereocenters. The maximum Gasteiger partial charge on any atom is 0.143 e. The van der Waals surface area contributed by atoms with Crippen LogP contribution >= 0.6 is 0 Å². The van der Waals surface area contributed by atoms with Gasteiger partial charge in [0.2, 0.25) is 0 Å². The van der Waals surface area contributed by atoms with Crippen LogP contribution in [-0.2, 0) is 4.79 Å². The minimum Gasteiger partial charge on any atom is -0.310 e. The molecule has 0 aliphatic heterocycles. The number of carbonyl (C=O) groups is 1. The first kappa shape index (κ1) is 9.34. The number of nitrogens with one attached hydrogen (secondary N) is 1. The van der Waals surface area contributed by atoms with Gasteiger partial charge in [0, 0.05) is 17.5 Å². The Morgan fingerprint density at radius 3 is 1.90 bits per heavy atom. The Bertz CT molecular complexity index is 153. The van der Waals surface area contributed by atoms with Gasteiger partial charge >= 0.3 is 0 Å². The smallest absolute Gasteiger partial charge is 0.143 e. The second-order valence-electron chi connectivity index (χ2n) is 3.63. The van der Waals surface area contributed by atoms with Crippen LogP contribution in [0.2, 0.25) is 0 Å². The van der Waals surface area contributed by atoms with Crippen LogP contribution in [0.5, 0.6) is 0 Å². The molecule has 1 N–H and O–H groups in total. The summed E-state index contributed by atoms with van der Waals surface area (Å²) in [7, 11) is 0. The molecule has 2 nitrogen and oxygen atoms in total. The van der Waals surface area contributed by atoms with Crippen molar-refractivity contribution in [3.63, 3.8) is 0 Å². The monoisotopic (exact) mass is 141 g/mol. The zero-order valence-corrected chi connectivity index (χ0v) is 7.12. The zero-order chi connectivity index (χ0) is 8.36. The van der Waals surface area contributed by atoms with Crippen molar-refractivity contribution in [1.82, 2.24) is 0 Å². The number of ketones is 1. The predicted octanol–water partition coefficient (Wildman–Crippen LogP) is 2.03. The van der Waals surface area contributed by atoms with Crippen molar-refractivity contribution in [2.24, 2.45) is 5.41 Å². The molecule has 58 valence electrons. The van der Waals surface area contributed by atoms with Crippen molar-refractivity contribution in [2.45, 2.75) is 34.1 Å². The molecule has 0 amide bonds. The SMILES string of the molecule is CC(=N)CC(=O)C(C)(C)C. The highest BCUT2D eigenvalue weighted by Gasteiger charge is 2.20. The van der Waals surface area contributed by atoms with Gasteiger partial charge in [0.15, 0.2) is 0 Å². The van der Waals surface area contributed by atoms with Gasteiger partial charge in [-0.2, -0.15) is 0 Å². The van der Waals surface area contributed by atoms with E-state index >= 15 is 0 Å². The van der Waals surface area contributed by atoms with Gasteiger partial charge in [-0.25, -0.2) is 0 Å². The van der Waals surface area contributed by atoms with Crippen molar-refractivity contribution in [3.05, 3.63) is 0 Å². The van der Waals surface area contributed by atoms with Crippen LogP contribution in [0.15, 0.2) is 0 Å². The van der Waals surface area contributed by atoms with Gasteiger partial charge in [0.25, 0.3) is 0 Å². The normalized spacial score (nSPS) is 11.2. The van der Waals surface area contributed by atoms with Gasteiger partial charge in [-0.15, -0.1) is 0 Å². The molecule has 0 aliphatic carbocycles. The second-order valence-corrected chi connectivity index (χ2v) is 3.63. The molecule has 0 heterocycles. The van der Waals surface area contributed by atoms with E-state index in [0.717, 1.165) is 0 Å². The van der Waals surface area contributed by atoms with E-state index in [1.807, 2.05) is 20.8 Å². The summed E-state index contributed by atoms with van der Waals surface area (Å²) in [6.45, 7) is 7.28. The van der Waals surface area contributed by atoms with Crippen molar-refractivity contribution in [1.29, 1.82) is 5.41 Å². The highest BCUT2D eigenvalue weighted by molar-refractivity contribution is 6.01. The molecule has 0 radical (unpaired) electrons. The molecule has 0 atom stereocenters. The lowest BCUT2D eigenvalue weighted by Gasteiger charge is -2.15. The predicted molar refractivity (Wildman–Crippen MR) is 42.5 cm³/mol. The average Bonchev–Trinajstić information content (AvgIpc) is 1.60. The van der Waals surface area contributed by atoms with E-state index in [2.05, 4.69) is 0 Å². The molecule has 0 saturated carbocycles. The van der Waals surface area contributed by atoms with Crippen LogP contribution in [0.1, 0.15) is 34.1 Å². The van der Waals surface area contributed by atoms with Gasteiger partial charge in [-0.05, 0) is 6.92 Å². The highest BCUT2D eigenvalue weighted by Crippen LogP contribution is 2.16. The van der Waals surface area contributed by atoms with Crippen molar-refractivity contribution in [2.75, 3.05) is 0 Å². The first-order chi connectivity index (χ1) is 4.34. The molecular formula is C8H15NO. The summed E-state index contributed by atoms with van der Waals surface area (Å²) in [6.07, 6.45) is 0.295. The van der Waals surface area contributed by atoms with Crippen LogP contribution < -0.4 is 0 Å². The van der Waals surface area contributed by atoms with Crippen LogP contribution in [-0.4, -0.2) is 11.5 Å². The number of Topliss-reactive ketones (excluding diaryl/α,β-unsaturated/α-hetero) is 1. The highest BCUT2D eigenvalue weighted by atomic mass is 16.1. The zero-order valence-electron chi connectivity index (χ0n) is 7.12. The fourth-order valence-corrected chi connectivity index (χ4v) is 0.506. The quantitative estimate of drug-likeness (QED) is 0.587. The molecule has 0 bridgehead atoms. The van der Waals surface area contributed by atoms with Crippen LogP contribution in [0.25, 0.3) is 0 Å². The van der Waals surface area contributed by atoms with E-state index in [0.29, 0.717) is 12.1 Å². The number of carbonyl (C=O) groups excluding carboxylic acids is 1. The van der Waals surface area contributed by atoms with Crippen LogP contribution in [0.4, 0.5) is 0 Å². The molecule has 0 aliphatic rings. The molecule has 10 heavy (non-hydrogen) atoms. The van der Waals surface area contributed by atoms with E-state index in [9.17, 15) is 4.79 Å². The third kappa shape index (κ3) is 3.38. The first-order valence-corrected chi connectivity index (χ1v) is 3.41. The Balaban J connectivity index is 3.99. The maximum atomic E-state index is 11.1. The summed E-state index contributed by atoms with van der Waals surface area (Å²) < 4.78 is 0. The topological polar surface area (TPSA) is 40.9 Å². The van der Waals surface area contributed by atoms with E-state index in [4.69, 9.17) is 5.41 Å². The van der Waals surface area contributed by atoms with Crippen molar-refractivity contribution < 1.29 is 4.79 Å². The average molecular weight is 141 g/mol. The minimum atomic E-state index is -0.289. The lowest BCUT2D eigenvalue weighted by Crippen LogP contribution is -2.21. The van der Waals surface area contributed by atoms with Crippen LogP contribution in [0, 0.1) is 10.8 Å². The fourth-order valence-electron chi connectivity index (χ4n) is 0.506. The second kappa shape index (κ2) is 2.95. The molecule has 0 rings (SSSR count). The summed E-state index contributed by atoms with van der Waals surface area (Å²) in [5.74, 6) is 0.139. The maximum absolute atomic E-state index is 11.1. The van der Waals surface area contributed by atoms with Gasteiger partial charge in [-0.1, -0.05) is 20.8 Å². The van der Waals surface area contributed by atoms with Crippen LogP contribution in [0.3, 0.4) is 0 Å². The first-order valence-electron chi connectivity index (χ1n) is 3.41. The molecule has 0 aromatic rings. The molecule has 0 aromatic carbocycles. The Labute approximate surface area is 62.1 Å². The number of hydrogen-bond donors (Lipinski definition) is 1. The summed E-state index contributed by atoms with van der Waals surface area (Å²) >= 11 is 0. The Morgan fingerprint density at radius 1 is 1.40 bits per heavy atom. The van der Waals surface area contributed by atoms with E-state index in [-0.39, 0.29) is 11.2 Å². The summed E-state index contributed by atoms with van der Waals surface area (Å²) in [5.41, 5.74) is 0.155. The Morgan fingerprint density at radius 2 is 1.80 bits per heavy atom. The van der Waals surface area contributed by atoms with Gasteiger partial charge in [-0.3, -0.25) is 4.79 Å². The van der Waals surface area contributed by atoms with E-state index in [1.54, 1.807) is 6.92 Å². The lowest BCUT2D eigenvalue weighted by molar-refractivity contribution is -0.125. The lowest BCUT2D eigenvalue weighted by atomic mass is 9.88. The Kier molecular flexibility index (Phi) is 2.76. The van der Waals surface area contributed by atoms with Crippen molar-refractivity contribution in [3.8, 4) is 0 Å². The largest absolute Gasteiger partial charge is 0.310 e. The third-order valence-corrected chi connectivity index (χ3v) is 1.26. The number of rotatable bonds is 2. The van der Waals surface area contributed by atoms with Gasteiger partial charge in [0.05, 0.1) is 0 Å². The summed E-state index contributed by atoms with van der Waals surface area (Å²) in [5, 5.41) is 7.08. The van der Waals surface area contributed by atoms with E-state index in [1.165, 1.54) is 0 Å². The molecule has 0 spiro atoms. The number of hydrogen-bond acceptors (Lipinski definition) is 2. The van der Waals surface area contributed by atoms with Gasteiger partial charge < -0.3 is 5.41 Å². The van der Waals surface area contributed by atoms with Gasteiger partial charge in [0.1, 0.15) is 5.78 Å². The third-order valence-electron chi connectivity index (χ3n) is 1.26. The standard InChI is InChI=1S/C8H15NO/c1-6(9)5-7(10)8(2,3)4/h9H,5H2,1-4H3. The van der Waals surface area contributed by atoms with E-state index < -0.39 is 0 Å². The molecule has 0 fully saturated rings. The Hall–Kier alpha value is -0.660. The molecule has 0 saturated heterocycles. The molecule has 2 heteroatoms. The summed E-state index contributed by atoms with van der Waals surface area (Å²) in [4.78, 5) is 11.1. The minimum absolute atomic E-state index is 0.139. The summed E-state index contributed by atoms with van der Waals surface area (Å²) in [6, 6.07) is 0.